The van der Waals surface area contributed by atoms with Crippen LogP contribution in [0.4, 0.5) is 0 Å². The fourth-order valence-electron chi connectivity index (χ4n) is 3.73. The van der Waals surface area contributed by atoms with Gasteiger partial charge in [-0.05, 0) is 31.6 Å². The molecule has 1 amide bonds. The summed E-state index contributed by atoms with van der Waals surface area (Å²) in [7, 11) is 0. The summed E-state index contributed by atoms with van der Waals surface area (Å²) in [5.41, 5.74) is -0.305. The van der Waals surface area contributed by atoms with Crippen LogP contribution >= 0.6 is 0 Å². The Morgan fingerprint density at radius 3 is 2.16 bits per heavy atom. The average molecular weight is 267 g/mol. The van der Waals surface area contributed by atoms with Gasteiger partial charge in [-0.1, -0.05) is 44.9 Å². The third kappa shape index (κ3) is 4.48. The summed E-state index contributed by atoms with van der Waals surface area (Å²) in [5, 5.41) is 12.8. The molecule has 0 atom stereocenters. The van der Waals surface area contributed by atoms with Gasteiger partial charge < -0.3 is 10.4 Å². The summed E-state index contributed by atoms with van der Waals surface area (Å²) in [6.45, 7) is 0.101. The van der Waals surface area contributed by atoms with Crippen molar-refractivity contribution in [1.82, 2.24) is 5.32 Å². The van der Waals surface area contributed by atoms with E-state index in [0.717, 1.165) is 25.7 Å². The summed E-state index contributed by atoms with van der Waals surface area (Å²) >= 11 is 0. The first-order valence-electron chi connectivity index (χ1n) is 8.16. The molecule has 110 valence electrons. The monoisotopic (exact) mass is 267 g/mol. The van der Waals surface area contributed by atoms with Gasteiger partial charge >= 0.3 is 0 Å². The lowest BCUT2D eigenvalue weighted by molar-refractivity contribution is -0.125. The zero-order valence-corrected chi connectivity index (χ0v) is 12.1. The molecule has 19 heavy (non-hydrogen) atoms. The van der Waals surface area contributed by atoms with Crippen LogP contribution in [0.5, 0.6) is 0 Å². The van der Waals surface area contributed by atoms with E-state index in [-0.39, 0.29) is 18.1 Å². The summed E-state index contributed by atoms with van der Waals surface area (Å²) in [4.78, 5) is 12.2. The predicted molar refractivity (Wildman–Crippen MR) is 76.9 cm³/mol. The maximum atomic E-state index is 12.2. The molecule has 0 aliphatic heterocycles. The minimum absolute atomic E-state index is 0.101. The number of carbonyl (C=O) groups excluding carboxylic acids is 1. The van der Waals surface area contributed by atoms with Gasteiger partial charge in [0.25, 0.3) is 0 Å². The molecule has 3 nitrogen and oxygen atoms in total. The molecule has 0 unspecified atom stereocenters. The largest absolute Gasteiger partial charge is 0.394 e. The van der Waals surface area contributed by atoms with E-state index in [9.17, 15) is 9.90 Å². The van der Waals surface area contributed by atoms with Crippen molar-refractivity contribution >= 4 is 5.91 Å². The number of aliphatic hydroxyl groups excluding tert-OH is 1. The highest BCUT2D eigenvalue weighted by molar-refractivity contribution is 5.77. The van der Waals surface area contributed by atoms with Crippen molar-refractivity contribution in [3.63, 3.8) is 0 Å². The maximum Gasteiger partial charge on any atom is 0.220 e. The van der Waals surface area contributed by atoms with Crippen LogP contribution in [-0.2, 0) is 4.79 Å². The van der Waals surface area contributed by atoms with Crippen LogP contribution in [0, 0.1) is 5.92 Å². The molecular weight excluding hydrogens is 238 g/mol. The number of hydrogen-bond donors (Lipinski definition) is 2. The smallest absolute Gasteiger partial charge is 0.220 e. The Morgan fingerprint density at radius 2 is 1.58 bits per heavy atom. The van der Waals surface area contributed by atoms with Crippen molar-refractivity contribution in [2.45, 2.75) is 82.6 Å². The highest BCUT2D eigenvalue weighted by atomic mass is 16.3. The van der Waals surface area contributed by atoms with Crippen LogP contribution in [0.2, 0.25) is 0 Å². The SMILES string of the molecule is O=C(CC1CCCCCC1)NC1(CO)CCCCC1. The lowest BCUT2D eigenvalue weighted by atomic mass is 9.82. The summed E-state index contributed by atoms with van der Waals surface area (Å²) in [6, 6.07) is 0. The minimum atomic E-state index is -0.305. The van der Waals surface area contributed by atoms with Crippen LogP contribution < -0.4 is 5.32 Å². The maximum absolute atomic E-state index is 12.2. The van der Waals surface area contributed by atoms with Gasteiger partial charge in [-0.25, -0.2) is 0 Å². The van der Waals surface area contributed by atoms with Gasteiger partial charge in [0, 0.05) is 6.42 Å². The Kier molecular flexibility index (Phi) is 5.68. The predicted octanol–water partition coefficient (Wildman–Crippen LogP) is 3.16. The van der Waals surface area contributed by atoms with Crippen LogP contribution in [0.3, 0.4) is 0 Å². The molecule has 3 heteroatoms. The third-order valence-electron chi connectivity index (χ3n) is 4.97. The summed E-state index contributed by atoms with van der Waals surface area (Å²) in [5.74, 6) is 0.740. The van der Waals surface area contributed by atoms with E-state index in [0.29, 0.717) is 12.3 Å². The lowest BCUT2D eigenvalue weighted by Gasteiger charge is -2.36. The molecule has 0 aromatic carbocycles. The van der Waals surface area contributed by atoms with Crippen molar-refractivity contribution in [3.05, 3.63) is 0 Å². The van der Waals surface area contributed by atoms with Crippen molar-refractivity contribution in [3.8, 4) is 0 Å². The molecule has 2 rings (SSSR count). The molecule has 0 aromatic rings. The molecule has 2 N–H and O–H groups in total. The van der Waals surface area contributed by atoms with Gasteiger partial charge in [0.15, 0.2) is 0 Å². The van der Waals surface area contributed by atoms with Crippen LogP contribution in [0.1, 0.15) is 77.0 Å². The molecule has 0 spiro atoms. The van der Waals surface area contributed by atoms with Crippen LogP contribution in [0.15, 0.2) is 0 Å². The third-order valence-corrected chi connectivity index (χ3v) is 4.97. The van der Waals surface area contributed by atoms with Gasteiger partial charge in [0.2, 0.25) is 5.91 Å². The Hall–Kier alpha value is -0.570. The molecule has 0 aromatic heterocycles. The first kappa shape index (κ1) is 14.8. The van der Waals surface area contributed by atoms with Gasteiger partial charge in [-0.15, -0.1) is 0 Å². The Morgan fingerprint density at radius 1 is 1.00 bits per heavy atom. The first-order valence-corrected chi connectivity index (χ1v) is 8.16. The lowest BCUT2D eigenvalue weighted by Crippen LogP contribution is -2.52. The van der Waals surface area contributed by atoms with Crippen LogP contribution in [0.25, 0.3) is 0 Å². The summed E-state index contributed by atoms with van der Waals surface area (Å²) in [6.07, 6.45) is 13.7. The Balaban J connectivity index is 1.81. The van der Waals surface area contributed by atoms with Crippen molar-refractivity contribution < 1.29 is 9.90 Å². The first-order chi connectivity index (χ1) is 9.24. The normalized spacial score (nSPS) is 24.7. The highest BCUT2D eigenvalue weighted by Gasteiger charge is 2.33. The molecule has 0 bridgehead atoms. The van der Waals surface area contributed by atoms with E-state index >= 15 is 0 Å². The number of amides is 1. The molecule has 2 aliphatic rings. The van der Waals surface area contributed by atoms with E-state index in [1.54, 1.807) is 0 Å². The molecular formula is C16H29NO2. The fraction of sp³-hybridized carbons (Fsp3) is 0.938. The van der Waals surface area contributed by atoms with E-state index in [4.69, 9.17) is 0 Å². The number of carbonyl (C=O) groups is 1. The number of nitrogens with one attached hydrogen (secondary N) is 1. The second kappa shape index (κ2) is 7.28. The molecule has 0 heterocycles. The Labute approximate surface area is 117 Å². The second-order valence-corrected chi connectivity index (χ2v) is 6.61. The van der Waals surface area contributed by atoms with Gasteiger partial charge in [0.05, 0.1) is 12.1 Å². The van der Waals surface area contributed by atoms with Gasteiger partial charge in [0.1, 0.15) is 0 Å². The Bertz CT molecular complexity index is 276. The second-order valence-electron chi connectivity index (χ2n) is 6.61. The standard InChI is InChI=1S/C16H29NO2/c18-13-16(10-6-3-7-11-16)17-15(19)12-14-8-4-1-2-5-9-14/h14,18H,1-13H2,(H,17,19). The van der Waals surface area contributed by atoms with Gasteiger partial charge in [-0.3, -0.25) is 4.79 Å². The molecule has 0 saturated heterocycles. The molecule has 2 aliphatic carbocycles. The fourth-order valence-corrected chi connectivity index (χ4v) is 3.73. The molecule has 2 saturated carbocycles. The minimum Gasteiger partial charge on any atom is -0.394 e. The van der Waals surface area contributed by atoms with E-state index < -0.39 is 0 Å². The molecule has 2 fully saturated rings. The quantitative estimate of drug-likeness (QED) is 0.769. The average Bonchev–Trinajstić information content (AvgIpc) is 2.68. The zero-order chi connectivity index (χ0) is 13.6. The number of rotatable bonds is 4. The molecule has 0 radical (unpaired) electrons. The number of aliphatic hydroxyl groups is 1. The van der Waals surface area contributed by atoms with E-state index in [2.05, 4.69) is 5.32 Å². The topological polar surface area (TPSA) is 49.3 Å². The van der Waals surface area contributed by atoms with E-state index in [1.807, 2.05) is 0 Å². The number of hydrogen-bond acceptors (Lipinski definition) is 2. The van der Waals surface area contributed by atoms with Gasteiger partial charge in [-0.2, -0.15) is 0 Å². The summed E-state index contributed by atoms with van der Waals surface area (Å²) < 4.78 is 0. The van der Waals surface area contributed by atoms with E-state index in [1.165, 1.54) is 44.9 Å². The van der Waals surface area contributed by atoms with Crippen LogP contribution in [-0.4, -0.2) is 23.2 Å². The highest BCUT2D eigenvalue weighted by Crippen LogP contribution is 2.29. The van der Waals surface area contributed by atoms with Crippen molar-refractivity contribution in [2.24, 2.45) is 5.92 Å². The van der Waals surface area contributed by atoms with Crippen molar-refractivity contribution in [1.29, 1.82) is 0 Å². The van der Waals surface area contributed by atoms with Crippen molar-refractivity contribution in [2.75, 3.05) is 6.61 Å². The zero-order valence-electron chi connectivity index (χ0n) is 12.1.